The Hall–Kier alpha value is -2.60. The summed E-state index contributed by atoms with van der Waals surface area (Å²) in [5.74, 6) is -0.0504. The average Bonchev–Trinajstić information content (AvgIpc) is 2.93. The Morgan fingerprint density at radius 3 is 2.76 bits per heavy atom. The second-order valence-corrected chi connectivity index (χ2v) is 4.12. The van der Waals surface area contributed by atoms with Crippen LogP contribution < -0.4 is 5.32 Å². The minimum absolute atomic E-state index is 0.0504. The fraction of sp³-hybridized carbons (Fsp3) is 0.0909. The lowest BCUT2D eigenvalue weighted by Gasteiger charge is -2.13. The number of hydrogen-bond acceptors (Lipinski definition) is 5. The first-order valence-corrected chi connectivity index (χ1v) is 5.77. The van der Waals surface area contributed by atoms with Crippen molar-refractivity contribution in [3.8, 4) is 6.07 Å². The van der Waals surface area contributed by atoms with Gasteiger partial charge in [0, 0.05) is 6.20 Å². The van der Waals surface area contributed by atoms with Crippen LogP contribution in [0.25, 0.3) is 5.57 Å². The number of alkyl halides is 3. The third-order valence-electron chi connectivity index (χ3n) is 2.39. The van der Waals surface area contributed by atoms with Crippen LogP contribution in [0.4, 0.5) is 18.9 Å². The molecule has 1 aromatic heterocycles. The molecule has 0 saturated heterocycles. The summed E-state index contributed by atoms with van der Waals surface area (Å²) in [6.45, 7) is 0. The van der Waals surface area contributed by atoms with E-state index in [0.29, 0.717) is 0 Å². The van der Waals surface area contributed by atoms with Gasteiger partial charge in [0.15, 0.2) is 0 Å². The SMILES string of the molecule is N#CC(=CNc1c(Cl)cccc1C(F)(F)F)c1nn[nH]n1. The number of aromatic amines is 1. The molecular formula is C11H6ClF3N6. The fourth-order valence-corrected chi connectivity index (χ4v) is 1.70. The summed E-state index contributed by atoms with van der Waals surface area (Å²) in [7, 11) is 0. The maximum absolute atomic E-state index is 12.9. The molecular weight excluding hydrogens is 309 g/mol. The van der Waals surface area contributed by atoms with Crippen molar-refractivity contribution in [2.24, 2.45) is 0 Å². The van der Waals surface area contributed by atoms with Crippen molar-refractivity contribution in [2.45, 2.75) is 6.18 Å². The Balaban J connectivity index is 2.39. The van der Waals surface area contributed by atoms with Crippen LogP contribution in [0.5, 0.6) is 0 Å². The molecule has 0 radical (unpaired) electrons. The number of benzene rings is 1. The predicted molar refractivity (Wildman–Crippen MR) is 67.8 cm³/mol. The minimum Gasteiger partial charge on any atom is -0.359 e. The highest BCUT2D eigenvalue weighted by Gasteiger charge is 2.34. The standard InChI is InChI=1S/C11H6ClF3N6/c12-8-3-1-2-7(11(13,14)15)9(8)17-5-6(4-16)10-18-20-21-19-10/h1-3,5,17H,(H,18,19,20,21). The third-order valence-corrected chi connectivity index (χ3v) is 2.70. The summed E-state index contributed by atoms with van der Waals surface area (Å²) < 4.78 is 38.7. The number of nitrogens with zero attached hydrogens (tertiary/aromatic N) is 4. The number of allylic oxidation sites excluding steroid dienone is 1. The number of para-hydroxylation sites is 1. The first-order valence-electron chi connectivity index (χ1n) is 5.40. The van der Waals surface area contributed by atoms with E-state index in [-0.39, 0.29) is 22.1 Å². The summed E-state index contributed by atoms with van der Waals surface area (Å²) in [5.41, 5.74) is -1.41. The van der Waals surface area contributed by atoms with E-state index in [9.17, 15) is 13.2 Å². The molecule has 6 nitrogen and oxygen atoms in total. The lowest BCUT2D eigenvalue weighted by Crippen LogP contribution is -2.09. The van der Waals surface area contributed by atoms with Crippen LogP contribution in [-0.2, 0) is 6.18 Å². The van der Waals surface area contributed by atoms with Gasteiger partial charge < -0.3 is 5.32 Å². The van der Waals surface area contributed by atoms with Crippen molar-refractivity contribution in [3.63, 3.8) is 0 Å². The Kier molecular flexibility index (Phi) is 4.09. The van der Waals surface area contributed by atoms with E-state index in [4.69, 9.17) is 16.9 Å². The van der Waals surface area contributed by atoms with Gasteiger partial charge in [0.25, 0.3) is 0 Å². The second-order valence-electron chi connectivity index (χ2n) is 3.71. The molecule has 0 unspecified atom stereocenters. The topological polar surface area (TPSA) is 90.3 Å². The van der Waals surface area contributed by atoms with Crippen molar-refractivity contribution in [1.82, 2.24) is 20.6 Å². The second kappa shape index (κ2) is 5.80. The molecule has 0 bridgehead atoms. The maximum Gasteiger partial charge on any atom is 0.418 e. The Labute approximate surface area is 121 Å². The average molecular weight is 315 g/mol. The highest BCUT2D eigenvalue weighted by atomic mass is 35.5. The normalized spacial score (nSPS) is 12.0. The zero-order chi connectivity index (χ0) is 15.5. The summed E-state index contributed by atoms with van der Waals surface area (Å²) in [5, 5.41) is 23.7. The maximum atomic E-state index is 12.9. The highest BCUT2D eigenvalue weighted by molar-refractivity contribution is 6.33. The molecule has 21 heavy (non-hydrogen) atoms. The number of nitrogens with one attached hydrogen (secondary N) is 2. The Bertz CT molecular complexity index is 702. The number of halogens is 4. The first-order chi connectivity index (χ1) is 9.93. The molecule has 0 atom stereocenters. The lowest BCUT2D eigenvalue weighted by molar-refractivity contribution is -0.136. The van der Waals surface area contributed by atoms with Crippen LogP contribution in [0.15, 0.2) is 24.4 Å². The van der Waals surface area contributed by atoms with Gasteiger partial charge in [-0.05, 0) is 17.3 Å². The minimum atomic E-state index is -4.58. The van der Waals surface area contributed by atoms with E-state index in [1.807, 2.05) is 0 Å². The lowest BCUT2D eigenvalue weighted by atomic mass is 10.1. The highest BCUT2D eigenvalue weighted by Crippen LogP contribution is 2.38. The van der Waals surface area contributed by atoms with Gasteiger partial charge in [0.1, 0.15) is 11.6 Å². The van der Waals surface area contributed by atoms with Crippen molar-refractivity contribution < 1.29 is 13.2 Å². The van der Waals surface area contributed by atoms with Gasteiger partial charge >= 0.3 is 6.18 Å². The van der Waals surface area contributed by atoms with Gasteiger partial charge in [-0.2, -0.15) is 23.6 Å². The summed E-state index contributed by atoms with van der Waals surface area (Å²) in [4.78, 5) is 0. The zero-order valence-corrected chi connectivity index (χ0v) is 10.9. The molecule has 0 aliphatic carbocycles. The van der Waals surface area contributed by atoms with E-state index < -0.39 is 11.7 Å². The van der Waals surface area contributed by atoms with Gasteiger partial charge in [-0.3, -0.25) is 0 Å². The van der Waals surface area contributed by atoms with E-state index >= 15 is 0 Å². The van der Waals surface area contributed by atoms with Gasteiger partial charge in [-0.1, -0.05) is 17.7 Å². The van der Waals surface area contributed by atoms with Crippen molar-refractivity contribution in [1.29, 1.82) is 5.26 Å². The predicted octanol–water partition coefficient (Wildman–Crippen LogP) is 2.85. The smallest absolute Gasteiger partial charge is 0.359 e. The molecule has 0 spiro atoms. The molecule has 2 N–H and O–H groups in total. The van der Waals surface area contributed by atoms with Gasteiger partial charge in [-0.25, -0.2) is 0 Å². The van der Waals surface area contributed by atoms with Crippen LogP contribution in [0.1, 0.15) is 11.4 Å². The monoisotopic (exact) mass is 314 g/mol. The summed E-state index contributed by atoms with van der Waals surface area (Å²) in [6, 6.07) is 5.10. The molecule has 1 heterocycles. The molecule has 10 heteroatoms. The Morgan fingerprint density at radius 2 is 2.19 bits per heavy atom. The fourth-order valence-electron chi connectivity index (χ4n) is 1.47. The number of rotatable bonds is 3. The van der Waals surface area contributed by atoms with Crippen LogP contribution in [0.3, 0.4) is 0 Å². The molecule has 0 amide bonds. The molecule has 1 aromatic carbocycles. The number of nitriles is 1. The van der Waals surface area contributed by atoms with Gasteiger partial charge in [0.2, 0.25) is 5.82 Å². The number of tetrazole rings is 1. The molecule has 0 aliphatic rings. The van der Waals surface area contributed by atoms with E-state index in [2.05, 4.69) is 25.9 Å². The van der Waals surface area contributed by atoms with Gasteiger partial charge in [-0.15, -0.1) is 10.2 Å². The molecule has 2 aromatic rings. The summed E-state index contributed by atoms with van der Waals surface area (Å²) >= 11 is 5.76. The molecule has 0 saturated carbocycles. The van der Waals surface area contributed by atoms with Crippen LogP contribution >= 0.6 is 11.6 Å². The molecule has 0 aliphatic heterocycles. The quantitative estimate of drug-likeness (QED) is 0.850. The molecule has 2 rings (SSSR count). The molecule has 108 valence electrons. The first kappa shape index (κ1) is 14.8. The number of H-pyrrole nitrogens is 1. The largest absolute Gasteiger partial charge is 0.418 e. The van der Waals surface area contributed by atoms with Gasteiger partial charge in [0.05, 0.1) is 16.3 Å². The van der Waals surface area contributed by atoms with Crippen LogP contribution in [0.2, 0.25) is 5.02 Å². The Morgan fingerprint density at radius 1 is 1.43 bits per heavy atom. The van der Waals surface area contributed by atoms with E-state index in [0.717, 1.165) is 12.3 Å². The molecule has 0 fully saturated rings. The van der Waals surface area contributed by atoms with Crippen LogP contribution in [0, 0.1) is 11.3 Å². The van der Waals surface area contributed by atoms with E-state index in [1.165, 1.54) is 12.1 Å². The third kappa shape index (κ3) is 3.29. The van der Waals surface area contributed by atoms with E-state index in [1.54, 1.807) is 6.07 Å². The number of aromatic nitrogens is 4. The number of hydrogen-bond donors (Lipinski definition) is 2. The van der Waals surface area contributed by atoms with Crippen molar-refractivity contribution in [3.05, 3.63) is 40.8 Å². The van der Waals surface area contributed by atoms with Crippen molar-refractivity contribution in [2.75, 3.05) is 5.32 Å². The number of anilines is 1. The summed E-state index contributed by atoms with van der Waals surface area (Å²) in [6.07, 6.45) is -3.55. The van der Waals surface area contributed by atoms with Crippen LogP contribution in [-0.4, -0.2) is 20.6 Å². The zero-order valence-electron chi connectivity index (χ0n) is 10.1. The van der Waals surface area contributed by atoms with Crippen molar-refractivity contribution >= 4 is 22.9 Å².